The number of methoxy groups -OCH3 is 1. The van der Waals surface area contributed by atoms with E-state index in [-0.39, 0.29) is 29.8 Å². The molecule has 0 saturated carbocycles. The van der Waals surface area contributed by atoms with Gasteiger partial charge in [-0.25, -0.2) is 0 Å². The third-order valence-electron chi connectivity index (χ3n) is 4.71. The molecule has 0 unspecified atom stereocenters. The van der Waals surface area contributed by atoms with Crippen molar-refractivity contribution in [3.63, 3.8) is 0 Å². The predicted molar refractivity (Wildman–Crippen MR) is 108 cm³/mol. The smallest absolute Gasteiger partial charge is 0.416 e. The Morgan fingerprint density at radius 2 is 1.93 bits per heavy atom. The summed E-state index contributed by atoms with van der Waals surface area (Å²) in [6.07, 6.45) is -3.98. The molecule has 4 nitrogen and oxygen atoms in total. The number of hydrogen-bond acceptors (Lipinski definition) is 3. The van der Waals surface area contributed by atoms with Gasteiger partial charge in [0.05, 0.1) is 12.7 Å². The van der Waals surface area contributed by atoms with Gasteiger partial charge < -0.3 is 15.0 Å². The number of amides is 1. The number of nitrogens with zero attached hydrogens (tertiary/aromatic N) is 1. The molecule has 29 heavy (non-hydrogen) atoms. The molecular weight excluding hydrogens is 428 g/mol. The molecule has 1 N–H and O–H groups in total. The van der Waals surface area contributed by atoms with E-state index in [2.05, 4.69) is 5.32 Å². The highest BCUT2D eigenvalue weighted by atomic mass is 35.5. The number of carbonyl (C=O) groups excluding carboxylic acids is 1. The predicted octanol–water partition coefficient (Wildman–Crippen LogP) is 4.45. The minimum atomic E-state index is -4.56. The summed E-state index contributed by atoms with van der Waals surface area (Å²) in [4.78, 5) is 14.7. The standard InChI is InChI=1S/C20H20ClF3N2O2.ClH/c1-28-18-10-14(9-15(11-18)20(22,23)24)19(27)26-7-6-25-12-17(26)8-13-2-4-16(21)5-3-13;/h2-5,9-11,17,25H,6-8,12H2,1H3;1H/t17-;/m1./s1. The molecule has 0 aliphatic carbocycles. The summed E-state index contributed by atoms with van der Waals surface area (Å²) in [7, 11) is 1.28. The van der Waals surface area contributed by atoms with Crippen LogP contribution in [-0.4, -0.2) is 43.6 Å². The van der Waals surface area contributed by atoms with Crippen molar-refractivity contribution in [2.75, 3.05) is 26.7 Å². The van der Waals surface area contributed by atoms with Crippen LogP contribution in [0.25, 0.3) is 0 Å². The van der Waals surface area contributed by atoms with Crippen LogP contribution in [0.15, 0.2) is 42.5 Å². The van der Waals surface area contributed by atoms with Crippen molar-refractivity contribution in [3.8, 4) is 5.75 Å². The summed E-state index contributed by atoms with van der Waals surface area (Å²) in [5, 5.41) is 3.86. The lowest BCUT2D eigenvalue weighted by Gasteiger charge is -2.36. The van der Waals surface area contributed by atoms with Gasteiger partial charge in [-0.2, -0.15) is 13.2 Å². The second-order valence-electron chi connectivity index (χ2n) is 6.64. The maximum absolute atomic E-state index is 13.2. The van der Waals surface area contributed by atoms with E-state index in [1.54, 1.807) is 17.0 Å². The zero-order valence-electron chi connectivity index (χ0n) is 15.6. The van der Waals surface area contributed by atoms with E-state index in [1.165, 1.54) is 13.2 Å². The highest BCUT2D eigenvalue weighted by molar-refractivity contribution is 6.30. The topological polar surface area (TPSA) is 41.6 Å². The van der Waals surface area contributed by atoms with Gasteiger partial charge in [0.1, 0.15) is 5.75 Å². The monoisotopic (exact) mass is 448 g/mol. The molecule has 0 radical (unpaired) electrons. The Hall–Kier alpha value is -1.96. The molecule has 158 valence electrons. The Labute approximate surface area is 178 Å². The SMILES string of the molecule is COc1cc(C(=O)N2CCNC[C@H]2Cc2ccc(Cl)cc2)cc(C(F)(F)F)c1.Cl. The molecule has 9 heteroatoms. The van der Waals surface area contributed by atoms with Crippen LogP contribution in [0.3, 0.4) is 0 Å². The average molecular weight is 449 g/mol. The fourth-order valence-corrected chi connectivity index (χ4v) is 3.40. The number of nitrogens with one attached hydrogen (secondary N) is 1. The molecule has 0 aromatic heterocycles. The maximum atomic E-state index is 13.2. The van der Waals surface area contributed by atoms with E-state index < -0.39 is 17.6 Å². The molecule has 1 aliphatic heterocycles. The number of hydrogen-bond donors (Lipinski definition) is 1. The molecule has 1 heterocycles. The molecule has 1 amide bonds. The number of piperazine rings is 1. The fraction of sp³-hybridized carbons (Fsp3) is 0.350. The second-order valence-corrected chi connectivity index (χ2v) is 7.07. The van der Waals surface area contributed by atoms with Gasteiger partial charge in [-0.3, -0.25) is 4.79 Å². The summed E-state index contributed by atoms with van der Waals surface area (Å²) >= 11 is 5.91. The van der Waals surface area contributed by atoms with Gasteiger partial charge in [-0.1, -0.05) is 23.7 Å². The minimum Gasteiger partial charge on any atom is -0.497 e. The molecule has 0 spiro atoms. The van der Waals surface area contributed by atoms with Crippen molar-refractivity contribution < 1.29 is 22.7 Å². The van der Waals surface area contributed by atoms with E-state index in [0.717, 1.165) is 17.7 Å². The van der Waals surface area contributed by atoms with Crippen LogP contribution in [0.4, 0.5) is 13.2 Å². The quantitative estimate of drug-likeness (QED) is 0.751. The number of alkyl halides is 3. The van der Waals surface area contributed by atoms with Crippen LogP contribution in [0.1, 0.15) is 21.5 Å². The Bertz CT molecular complexity index is 845. The number of ether oxygens (including phenoxy) is 1. The molecule has 1 atom stereocenters. The van der Waals surface area contributed by atoms with Crippen LogP contribution in [0.2, 0.25) is 5.02 Å². The van der Waals surface area contributed by atoms with Crippen molar-refractivity contribution >= 4 is 29.9 Å². The zero-order chi connectivity index (χ0) is 20.3. The molecule has 3 rings (SSSR count). The third-order valence-corrected chi connectivity index (χ3v) is 4.96. The van der Waals surface area contributed by atoms with Crippen molar-refractivity contribution in [3.05, 3.63) is 64.2 Å². The zero-order valence-corrected chi connectivity index (χ0v) is 17.2. The lowest BCUT2D eigenvalue weighted by Crippen LogP contribution is -2.54. The Morgan fingerprint density at radius 1 is 1.24 bits per heavy atom. The van der Waals surface area contributed by atoms with Gasteiger partial charge >= 0.3 is 6.18 Å². The average Bonchev–Trinajstić information content (AvgIpc) is 2.68. The van der Waals surface area contributed by atoms with E-state index in [1.807, 2.05) is 12.1 Å². The van der Waals surface area contributed by atoms with Crippen LogP contribution < -0.4 is 10.1 Å². The minimum absolute atomic E-state index is 0. The first-order valence-electron chi connectivity index (χ1n) is 8.80. The number of benzene rings is 2. The fourth-order valence-electron chi connectivity index (χ4n) is 3.27. The van der Waals surface area contributed by atoms with Gasteiger partial charge in [0.25, 0.3) is 5.91 Å². The first-order valence-corrected chi connectivity index (χ1v) is 9.18. The third kappa shape index (κ3) is 5.78. The first kappa shape index (κ1) is 23.3. The molecule has 0 bridgehead atoms. The number of rotatable bonds is 4. The molecule has 1 aliphatic rings. The highest BCUT2D eigenvalue weighted by Crippen LogP contribution is 2.33. The van der Waals surface area contributed by atoms with E-state index in [9.17, 15) is 18.0 Å². The lowest BCUT2D eigenvalue weighted by molar-refractivity contribution is -0.137. The summed E-state index contributed by atoms with van der Waals surface area (Å²) in [5.41, 5.74) is 0.0618. The van der Waals surface area contributed by atoms with Gasteiger partial charge in [0.15, 0.2) is 0 Å². The molecule has 2 aromatic carbocycles. The Morgan fingerprint density at radius 3 is 2.55 bits per heavy atom. The van der Waals surface area contributed by atoms with Gasteiger partial charge in [0, 0.05) is 36.3 Å². The van der Waals surface area contributed by atoms with Crippen molar-refractivity contribution in [1.29, 1.82) is 0 Å². The summed E-state index contributed by atoms with van der Waals surface area (Å²) in [5.74, 6) is -0.438. The molecule has 1 saturated heterocycles. The second kappa shape index (κ2) is 9.69. The van der Waals surface area contributed by atoms with Crippen LogP contribution in [0.5, 0.6) is 5.75 Å². The normalized spacial score (nSPS) is 16.9. The Balaban J connectivity index is 0.00000300. The summed E-state index contributed by atoms with van der Waals surface area (Å²) < 4.78 is 44.5. The molecular formula is C20H21Cl2F3N2O2. The van der Waals surface area contributed by atoms with Gasteiger partial charge in [0.2, 0.25) is 0 Å². The summed E-state index contributed by atoms with van der Waals surface area (Å²) in [6, 6.07) is 10.3. The molecule has 2 aromatic rings. The van der Waals surface area contributed by atoms with Crippen molar-refractivity contribution in [2.24, 2.45) is 0 Å². The van der Waals surface area contributed by atoms with Gasteiger partial charge in [-0.05, 0) is 42.3 Å². The van der Waals surface area contributed by atoms with Crippen LogP contribution >= 0.6 is 24.0 Å². The van der Waals surface area contributed by atoms with Crippen molar-refractivity contribution in [2.45, 2.75) is 18.6 Å². The van der Waals surface area contributed by atoms with Crippen LogP contribution in [0, 0.1) is 0 Å². The lowest BCUT2D eigenvalue weighted by atomic mass is 10.0. The highest BCUT2D eigenvalue weighted by Gasteiger charge is 2.34. The van der Waals surface area contributed by atoms with E-state index >= 15 is 0 Å². The van der Waals surface area contributed by atoms with Crippen molar-refractivity contribution in [1.82, 2.24) is 10.2 Å². The number of carbonyl (C=O) groups is 1. The van der Waals surface area contributed by atoms with E-state index in [4.69, 9.17) is 16.3 Å². The molecule has 1 fully saturated rings. The maximum Gasteiger partial charge on any atom is 0.416 e. The largest absolute Gasteiger partial charge is 0.497 e. The Kier molecular flexibility index (Phi) is 7.80. The number of halogens is 5. The summed E-state index contributed by atoms with van der Waals surface area (Å²) in [6.45, 7) is 1.55. The van der Waals surface area contributed by atoms with E-state index in [0.29, 0.717) is 31.1 Å². The first-order chi connectivity index (χ1) is 13.3. The van der Waals surface area contributed by atoms with Crippen LogP contribution in [-0.2, 0) is 12.6 Å². The van der Waals surface area contributed by atoms with Gasteiger partial charge in [-0.15, -0.1) is 12.4 Å².